The van der Waals surface area contributed by atoms with Gasteiger partial charge in [-0.2, -0.15) is 0 Å². The molecule has 0 aliphatic heterocycles. The van der Waals surface area contributed by atoms with Crippen LogP contribution in [-0.4, -0.2) is 32.0 Å². The van der Waals surface area contributed by atoms with Crippen LogP contribution in [0.4, 0.5) is 5.69 Å². The van der Waals surface area contributed by atoms with Gasteiger partial charge >= 0.3 is 0 Å². The fourth-order valence-electron chi connectivity index (χ4n) is 2.99. The molecule has 0 saturated carbocycles. The Balaban J connectivity index is 1.69. The molecule has 6 nitrogen and oxygen atoms in total. The van der Waals surface area contributed by atoms with Crippen LogP contribution in [0.2, 0.25) is 0 Å². The van der Waals surface area contributed by atoms with Gasteiger partial charge in [0.1, 0.15) is 5.75 Å². The Morgan fingerprint density at radius 2 is 1.62 bits per heavy atom. The second-order valence-corrected chi connectivity index (χ2v) is 6.18. The molecule has 0 saturated heterocycles. The number of hydrogen-bond acceptors (Lipinski definition) is 5. The number of aldehydes is 1. The van der Waals surface area contributed by atoms with Crippen molar-refractivity contribution >= 4 is 28.7 Å². The predicted octanol–water partition coefficient (Wildman–Crippen LogP) is 4.47. The lowest BCUT2D eigenvalue weighted by atomic mass is 10.0. The number of ether oxygens (including phenoxy) is 3. The van der Waals surface area contributed by atoms with Crippen molar-refractivity contribution in [2.75, 3.05) is 25.1 Å². The van der Waals surface area contributed by atoms with Crippen molar-refractivity contribution in [3.05, 3.63) is 60.2 Å². The Morgan fingerprint density at radius 3 is 2.38 bits per heavy atom. The molecule has 0 aromatic heterocycles. The molecule has 29 heavy (non-hydrogen) atoms. The first kappa shape index (κ1) is 20.2. The quantitative estimate of drug-likeness (QED) is 0.543. The van der Waals surface area contributed by atoms with Gasteiger partial charge in [0.2, 0.25) is 0 Å². The zero-order valence-corrected chi connectivity index (χ0v) is 16.4. The van der Waals surface area contributed by atoms with E-state index in [1.54, 1.807) is 24.3 Å². The molecule has 3 rings (SSSR count). The summed E-state index contributed by atoms with van der Waals surface area (Å²) in [6.07, 6.45) is 0.746. The molecule has 0 radical (unpaired) electrons. The molecule has 0 unspecified atom stereocenters. The van der Waals surface area contributed by atoms with Crippen molar-refractivity contribution in [2.45, 2.75) is 13.8 Å². The zero-order valence-electron chi connectivity index (χ0n) is 16.4. The Hall–Kier alpha value is -3.54. The van der Waals surface area contributed by atoms with Crippen LogP contribution in [0, 0.1) is 0 Å². The normalized spacial score (nSPS) is 10.4. The summed E-state index contributed by atoms with van der Waals surface area (Å²) < 4.78 is 16.7. The van der Waals surface area contributed by atoms with E-state index in [1.165, 1.54) is 0 Å². The molecular weight excluding hydrogens is 370 g/mol. The monoisotopic (exact) mass is 393 g/mol. The minimum Gasteiger partial charge on any atom is -0.490 e. The highest BCUT2D eigenvalue weighted by Gasteiger charge is 2.12. The Morgan fingerprint density at radius 1 is 0.897 bits per heavy atom. The molecule has 0 aliphatic carbocycles. The lowest BCUT2D eigenvalue weighted by molar-refractivity contribution is -0.118. The van der Waals surface area contributed by atoms with E-state index >= 15 is 0 Å². The van der Waals surface area contributed by atoms with E-state index in [0.29, 0.717) is 41.7 Å². The number of nitrogens with one attached hydrogen (secondary N) is 1. The molecule has 3 aromatic carbocycles. The minimum absolute atomic E-state index is 0.226. The van der Waals surface area contributed by atoms with Crippen LogP contribution in [0.3, 0.4) is 0 Å². The van der Waals surface area contributed by atoms with Gasteiger partial charge in [0.25, 0.3) is 5.91 Å². The predicted molar refractivity (Wildman–Crippen MR) is 112 cm³/mol. The van der Waals surface area contributed by atoms with E-state index in [-0.39, 0.29) is 12.5 Å². The average molecular weight is 393 g/mol. The van der Waals surface area contributed by atoms with Crippen molar-refractivity contribution in [1.82, 2.24) is 0 Å². The fraction of sp³-hybridized carbons (Fsp3) is 0.217. The molecule has 150 valence electrons. The van der Waals surface area contributed by atoms with Crippen molar-refractivity contribution in [1.29, 1.82) is 0 Å². The number of rotatable bonds is 9. The Kier molecular flexibility index (Phi) is 6.68. The second kappa shape index (κ2) is 9.59. The largest absolute Gasteiger partial charge is 0.490 e. The summed E-state index contributed by atoms with van der Waals surface area (Å²) in [6.45, 7) is 4.55. The number of carbonyl (C=O) groups excluding carboxylic acids is 2. The van der Waals surface area contributed by atoms with Crippen molar-refractivity contribution in [3.8, 4) is 17.2 Å². The van der Waals surface area contributed by atoms with Crippen molar-refractivity contribution in [3.63, 3.8) is 0 Å². The number of benzene rings is 3. The van der Waals surface area contributed by atoms with Gasteiger partial charge in [0.05, 0.1) is 18.8 Å². The average Bonchev–Trinajstić information content (AvgIpc) is 2.74. The van der Waals surface area contributed by atoms with Crippen LogP contribution in [0.5, 0.6) is 17.2 Å². The first-order valence-corrected chi connectivity index (χ1v) is 9.45. The number of carbonyl (C=O) groups is 2. The minimum atomic E-state index is -0.346. The summed E-state index contributed by atoms with van der Waals surface area (Å²) in [6, 6.07) is 16.3. The van der Waals surface area contributed by atoms with Gasteiger partial charge in [-0.05, 0) is 42.8 Å². The summed E-state index contributed by atoms with van der Waals surface area (Å²) in [7, 11) is 0. The lowest BCUT2D eigenvalue weighted by Gasteiger charge is -2.14. The molecule has 1 N–H and O–H groups in total. The van der Waals surface area contributed by atoms with Gasteiger partial charge in [-0.3, -0.25) is 9.59 Å². The molecule has 0 atom stereocenters. The van der Waals surface area contributed by atoms with E-state index in [1.807, 2.05) is 44.2 Å². The second-order valence-electron chi connectivity index (χ2n) is 6.18. The maximum absolute atomic E-state index is 12.3. The van der Waals surface area contributed by atoms with Crippen molar-refractivity contribution in [2.24, 2.45) is 0 Å². The molecule has 0 spiro atoms. The van der Waals surface area contributed by atoms with Crippen LogP contribution < -0.4 is 19.5 Å². The van der Waals surface area contributed by atoms with E-state index in [9.17, 15) is 9.59 Å². The van der Waals surface area contributed by atoms with Crippen LogP contribution in [0.25, 0.3) is 10.8 Å². The maximum Gasteiger partial charge on any atom is 0.262 e. The summed E-state index contributed by atoms with van der Waals surface area (Å²) in [4.78, 5) is 23.9. The van der Waals surface area contributed by atoms with E-state index in [0.717, 1.165) is 17.1 Å². The molecular formula is C23H23NO5. The van der Waals surface area contributed by atoms with Crippen molar-refractivity contribution < 1.29 is 23.8 Å². The molecule has 0 bridgehead atoms. The molecule has 0 aliphatic rings. The molecule has 0 heterocycles. The Labute approximate surface area is 169 Å². The highest BCUT2D eigenvalue weighted by Crippen LogP contribution is 2.31. The van der Waals surface area contributed by atoms with Gasteiger partial charge in [-0.15, -0.1) is 0 Å². The first-order chi connectivity index (χ1) is 14.2. The molecule has 1 amide bonds. The summed E-state index contributed by atoms with van der Waals surface area (Å²) >= 11 is 0. The van der Waals surface area contributed by atoms with Gasteiger partial charge in [0, 0.05) is 11.8 Å². The topological polar surface area (TPSA) is 73.9 Å². The Bertz CT molecular complexity index is 1020. The zero-order chi connectivity index (χ0) is 20.6. The first-order valence-electron chi connectivity index (χ1n) is 9.45. The van der Waals surface area contributed by atoms with Crippen LogP contribution in [-0.2, 0) is 4.79 Å². The van der Waals surface area contributed by atoms with Crippen LogP contribution in [0.1, 0.15) is 24.2 Å². The van der Waals surface area contributed by atoms with Gasteiger partial charge < -0.3 is 19.5 Å². The lowest BCUT2D eigenvalue weighted by Crippen LogP contribution is -2.20. The highest BCUT2D eigenvalue weighted by atomic mass is 16.5. The standard InChI is InChI=1S/C23H23NO5/c1-3-27-21-12-10-17(13-22(21)28-4-2)24-23(26)15-29-20-11-9-16-7-5-6-8-18(16)19(20)14-25/h5-14H,3-4,15H2,1-2H3,(H,24,26). The fourth-order valence-corrected chi connectivity index (χ4v) is 2.99. The third kappa shape index (κ3) is 4.85. The smallest absolute Gasteiger partial charge is 0.262 e. The molecule has 3 aromatic rings. The summed E-state index contributed by atoms with van der Waals surface area (Å²) in [5.74, 6) is 1.21. The van der Waals surface area contributed by atoms with Crippen LogP contribution in [0.15, 0.2) is 54.6 Å². The summed E-state index contributed by atoms with van der Waals surface area (Å²) in [5.41, 5.74) is 0.996. The third-order valence-corrected chi connectivity index (χ3v) is 4.23. The van der Waals surface area contributed by atoms with Gasteiger partial charge in [0.15, 0.2) is 24.4 Å². The van der Waals surface area contributed by atoms with E-state index < -0.39 is 0 Å². The number of anilines is 1. The molecule has 6 heteroatoms. The number of amides is 1. The SMILES string of the molecule is CCOc1ccc(NC(=O)COc2ccc3ccccc3c2C=O)cc1OCC. The maximum atomic E-state index is 12.3. The van der Waals surface area contributed by atoms with Crippen LogP contribution >= 0.6 is 0 Å². The van der Waals surface area contributed by atoms with Gasteiger partial charge in [-0.1, -0.05) is 30.3 Å². The number of hydrogen-bond donors (Lipinski definition) is 1. The van der Waals surface area contributed by atoms with E-state index in [2.05, 4.69) is 5.32 Å². The summed E-state index contributed by atoms with van der Waals surface area (Å²) in [5, 5.41) is 4.49. The third-order valence-electron chi connectivity index (χ3n) is 4.23. The van der Waals surface area contributed by atoms with Gasteiger partial charge in [-0.25, -0.2) is 0 Å². The van der Waals surface area contributed by atoms with E-state index in [4.69, 9.17) is 14.2 Å². The molecule has 0 fully saturated rings. The number of fused-ring (bicyclic) bond motifs is 1. The highest BCUT2D eigenvalue weighted by molar-refractivity contribution is 6.01.